The lowest BCUT2D eigenvalue weighted by molar-refractivity contribution is 0.0963. The Labute approximate surface area is 143 Å². The molecule has 6 nitrogen and oxygen atoms in total. The topological polar surface area (TPSA) is 61.7 Å². The van der Waals surface area contributed by atoms with Crippen LogP contribution in [0.2, 0.25) is 0 Å². The molecule has 0 saturated heterocycles. The molecular weight excluding hydrogens is 302 g/mol. The maximum atomic E-state index is 11.6. The molecule has 128 valence electrons. The number of amides is 1. The number of hydrogen-bond donors (Lipinski definition) is 2. The van der Waals surface area contributed by atoms with Gasteiger partial charge in [-0.15, -0.1) is 0 Å². The second-order valence-electron chi connectivity index (χ2n) is 5.64. The Bertz CT molecular complexity index is 702. The monoisotopic (exact) mass is 327 g/mol. The van der Waals surface area contributed by atoms with E-state index in [4.69, 9.17) is 0 Å². The van der Waals surface area contributed by atoms with E-state index in [2.05, 4.69) is 31.2 Å². The van der Waals surface area contributed by atoms with Gasteiger partial charge in [0.15, 0.2) is 5.96 Å². The zero-order chi connectivity index (χ0) is 17.5. The number of carbonyl (C=O) groups excluding carboxylic acids is 1. The summed E-state index contributed by atoms with van der Waals surface area (Å²) in [6.45, 7) is 1.43. The average Bonchev–Trinajstić information content (AvgIpc) is 3.00. The number of carbonyl (C=O) groups is 1. The highest BCUT2D eigenvalue weighted by atomic mass is 16.1. The molecule has 0 radical (unpaired) electrons. The first-order chi connectivity index (χ1) is 11.5. The molecule has 0 spiro atoms. The number of rotatable bonds is 5. The molecule has 6 heteroatoms. The molecule has 0 unspecified atom stereocenters. The van der Waals surface area contributed by atoms with Crippen molar-refractivity contribution in [2.45, 2.75) is 13.1 Å². The van der Waals surface area contributed by atoms with Gasteiger partial charge in [0, 0.05) is 52.2 Å². The van der Waals surface area contributed by atoms with Gasteiger partial charge < -0.3 is 20.1 Å². The molecule has 24 heavy (non-hydrogen) atoms. The summed E-state index contributed by atoms with van der Waals surface area (Å²) in [5.41, 5.74) is 2.97. The molecule has 2 rings (SSSR count). The summed E-state index contributed by atoms with van der Waals surface area (Å²) in [5.74, 6) is 0.749. The third-order valence-corrected chi connectivity index (χ3v) is 3.92. The van der Waals surface area contributed by atoms with Crippen molar-refractivity contribution in [2.75, 3.05) is 21.1 Å². The van der Waals surface area contributed by atoms with Crippen LogP contribution in [0.15, 0.2) is 47.6 Å². The number of nitrogens with one attached hydrogen (secondary N) is 2. The molecule has 0 aliphatic rings. The lowest BCUT2D eigenvalue weighted by Crippen LogP contribution is -2.38. The fourth-order valence-electron chi connectivity index (χ4n) is 2.46. The summed E-state index contributed by atoms with van der Waals surface area (Å²) < 4.78 is 2.10. The molecule has 1 aromatic heterocycles. The summed E-state index contributed by atoms with van der Waals surface area (Å²) in [5, 5.41) is 5.96. The van der Waals surface area contributed by atoms with Crippen molar-refractivity contribution in [3.05, 3.63) is 59.4 Å². The molecule has 1 heterocycles. The van der Waals surface area contributed by atoms with E-state index in [1.807, 2.05) is 50.6 Å². The number of aliphatic imine (C=N–C) groups is 1. The standard InChI is InChI=1S/C18H25N5O/c1-19-17(24)15-9-7-14(8-10-15)12-21-18(20-2)23(4)13-16-6-5-11-22(16)3/h5-11H,12-13H2,1-4H3,(H,19,24)(H,20,21). The van der Waals surface area contributed by atoms with Crippen molar-refractivity contribution in [2.24, 2.45) is 12.0 Å². The number of nitrogens with zero attached hydrogens (tertiary/aromatic N) is 3. The molecule has 1 aromatic carbocycles. The van der Waals surface area contributed by atoms with Crippen molar-refractivity contribution in [3.8, 4) is 0 Å². The van der Waals surface area contributed by atoms with Crippen LogP contribution >= 0.6 is 0 Å². The minimum atomic E-state index is -0.0763. The summed E-state index contributed by atoms with van der Waals surface area (Å²) in [6, 6.07) is 11.7. The molecule has 0 fully saturated rings. The molecule has 1 amide bonds. The van der Waals surface area contributed by atoms with E-state index in [1.54, 1.807) is 14.1 Å². The number of aromatic nitrogens is 1. The zero-order valence-corrected chi connectivity index (χ0v) is 14.7. The van der Waals surface area contributed by atoms with E-state index < -0.39 is 0 Å². The van der Waals surface area contributed by atoms with Gasteiger partial charge in [0.1, 0.15) is 0 Å². The maximum Gasteiger partial charge on any atom is 0.251 e. The van der Waals surface area contributed by atoms with Crippen LogP contribution < -0.4 is 10.6 Å². The second kappa shape index (κ2) is 8.19. The fraction of sp³-hybridized carbons (Fsp3) is 0.333. The fourth-order valence-corrected chi connectivity index (χ4v) is 2.46. The van der Waals surface area contributed by atoms with Crippen LogP contribution in [-0.2, 0) is 20.1 Å². The van der Waals surface area contributed by atoms with E-state index in [1.165, 1.54) is 5.69 Å². The minimum absolute atomic E-state index is 0.0763. The Hall–Kier alpha value is -2.76. The minimum Gasteiger partial charge on any atom is -0.355 e. The van der Waals surface area contributed by atoms with Crippen molar-refractivity contribution >= 4 is 11.9 Å². The highest BCUT2D eigenvalue weighted by Gasteiger charge is 2.08. The quantitative estimate of drug-likeness (QED) is 0.648. The Morgan fingerprint density at radius 3 is 2.50 bits per heavy atom. The van der Waals surface area contributed by atoms with Crippen molar-refractivity contribution < 1.29 is 4.79 Å². The van der Waals surface area contributed by atoms with E-state index in [0.717, 1.165) is 18.1 Å². The van der Waals surface area contributed by atoms with Gasteiger partial charge >= 0.3 is 0 Å². The third kappa shape index (κ3) is 4.38. The van der Waals surface area contributed by atoms with Crippen LogP contribution in [0.1, 0.15) is 21.6 Å². The first-order valence-electron chi connectivity index (χ1n) is 7.88. The summed E-state index contributed by atoms with van der Waals surface area (Å²) in [7, 11) is 7.45. The molecule has 0 bridgehead atoms. The number of benzene rings is 1. The molecule has 2 aromatic rings. The highest BCUT2D eigenvalue weighted by molar-refractivity contribution is 5.93. The van der Waals surface area contributed by atoms with Crippen LogP contribution in [0.3, 0.4) is 0 Å². The van der Waals surface area contributed by atoms with E-state index in [0.29, 0.717) is 12.1 Å². The summed E-state index contributed by atoms with van der Waals surface area (Å²) in [6.07, 6.45) is 2.04. The molecule has 2 N–H and O–H groups in total. The van der Waals surface area contributed by atoms with Gasteiger partial charge in [0.25, 0.3) is 5.91 Å². The van der Waals surface area contributed by atoms with Gasteiger partial charge in [0.05, 0.1) is 6.54 Å². The Balaban J connectivity index is 1.93. The first kappa shape index (κ1) is 17.6. The largest absolute Gasteiger partial charge is 0.355 e. The lowest BCUT2D eigenvalue weighted by atomic mass is 10.1. The predicted octanol–water partition coefficient (Wildman–Crippen LogP) is 1.59. The van der Waals surface area contributed by atoms with Gasteiger partial charge in [0.2, 0.25) is 0 Å². The van der Waals surface area contributed by atoms with Crippen molar-refractivity contribution in [1.29, 1.82) is 0 Å². The van der Waals surface area contributed by atoms with Crippen LogP contribution in [0.5, 0.6) is 0 Å². The second-order valence-corrected chi connectivity index (χ2v) is 5.64. The van der Waals surface area contributed by atoms with E-state index in [-0.39, 0.29) is 5.91 Å². The third-order valence-electron chi connectivity index (χ3n) is 3.92. The summed E-state index contributed by atoms with van der Waals surface area (Å²) in [4.78, 5) is 18.0. The normalized spacial score (nSPS) is 11.2. The Morgan fingerprint density at radius 1 is 1.25 bits per heavy atom. The lowest BCUT2D eigenvalue weighted by Gasteiger charge is -2.22. The molecule has 0 aliphatic carbocycles. The van der Waals surface area contributed by atoms with E-state index >= 15 is 0 Å². The van der Waals surface area contributed by atoms with Gasteiger partial charge in [-0.05, 0) is 29.8 Å². The number of hydrogen-bond acceptors (Lipinski definition) is 2. The van der Waals surface area contributed by atoms with Gasteiger partial charge in [-0.25, -0.2) is 0 Å². The SMILES string of the molecule is CN=C(NCc1ccc(C(=O)NC)cc1)N(C)Cc1cccn1C. The number of guanidine groups is 1. The Kier molecular flexibility index (Phi) is 6.01. The van der Waals surface area contributed by atoms with Crippen LogP contribution in [0, 0.1) is 0 Å². The van der Waals surface area contributed by atoms with E-state index in [9.17, 15) is 4.79 Å². The zero-order valence-electron chi connectivity index (χ0n) is 14.7. The first-order valence-corrected chi connectivity index (χ1v) is 7.88. The molecule has 0 atom stereocenters. The molecule has 0 saturated carbocycles. The van der Waals surface area contributed by atoms with Crippen LogP contribution in [0.4, 0.5) is 0 Å². The van der Waals surface area contributed by atoms with Gasteiger partial charge in [-0.3, -0.25) is 9.79 Å². The Morgan fingerprint density at radius 2 is 1.96 bits per heavy atom. The molecular formula is C18H25N5O. The predicted molar refractivity (Wildman–Crippen MR) is 96.9 cm³/mol. The average molecular weight is 327 g/mol. The van der Waals surface area contributed by atoms with Crippen molar-refractivity contribution in [1.82, 2.24) is 20.1 Å². The van der Waals surface area contributed by atoms with Gasteiger partial charge in [-0.1, -0.05) is 12.1 Å². The van der Waals surface area contributed by atoms with Crippen molar-refractivity contribution in [3.63, 3.8) is 0 Å². The molecule has 0 aliphatic heterocycles. The van der Waals surface area contributed by atoms with Gasteiger partial charge in [-0.2, -0.15) is 0 Å². The smallest absolute Gasteiger partial charge is 0.251 e. The maximum absolute atomic E-state index is 11.6. The van der Waals surface area contributed by atoms with Crippen LogP contribution in [-0.4, -0.2) is 42.5 Å². The highest BCUT2D eigenvalue weighted by Crippen LogP contribution is 2.06. The number of aryl methyl sites for hydroxylation is 1. The summed E-state index contributed by atoms with van der Waals surface area (Å²) >= 11 is 0. The van der Waals surface area contributed by atoms with Crippen LogP contribution in [0.25, 0.3) is 0 Å².